The molecule has 1 aromatic carbocycles. The number of para-hydroxylation sites is 1. The van der Waals surface area contributed by atoms with Gasteiger partial charge in [0.1, 0.15) is 28.7 Å². The van der Waals surface area contributed by atoms with E-state index in [0.717, 1.165) is 5.06 Å². The largest absolute Gasteiger partial charge is 0.534 e. The number of hydrogen-bond donors (Lipinski definition) is 1. The van der Waals surface area contributed by atoms with E-state index in [9.17, 15) is 14.4 Å². The van der Waals surface area contributed by atoms with Crippen LogP contribution in [0.3, 0.4) is 0 Å². The molecule has 0 bridgehead atoms. The van der Waals surface area contributed by atoms with E-state index >= 15 is 0 Å². The van der Waals surface area contributed by atoms with E-state index in [4.69, 9.17) is 19.0 Å². The van der Waals surface area contributed by atoms with E-state index < -0.39 is 35.4 Å². The Labute approximate surface area is 198 Å². The molecule has 2 aromatic rings. The summed E-state index contributed by atoms with van der Waals surface area (Å²) < 4.78 is 16.3. The van der Waals surface area contributed by atoms with Crippen molar-refractivity contribution in [3.05, 3.63) is 48.2 Å². The molecule has 10 heteroatoms. The van der Waals surface area contributed by atoms with E-state index in [1.54, 1.807) is 59.7 Å². The average Bonchev–Trinajstić information content (AvgIpc) is 2.69. The van der Waals surface area contributed by atoms with Gasteiger partial charge in [-0.2, -0.15) is 0 Å². The zero-order valence-electron chi connectivity index (χ0n) is 20.1. The zero-order chi connectivity index (χ0) is 25.1. The second-order valence-corrected chi connectivity index (χ2v) is 9.66. The summed E-state index contributed by atoms with van der Waals surface area (Å²) in [7, 11) is 0. The molecule has 1 aliphatic heterocycles. The first kappa shape index (κ1) is 24.8. The van der Waals surface area contributed by atoms with Crippen LogP contribution in [0.2, 0.25) is 0 Å². The van der Waals surface area contributed by atoms with Crippen molar-refractivity contribution in [2.24, 2.45) is 0 Å². The van der Waals surface area contributed by atoms with Crippen LogP contribution in [0, 0.1) is 0 Å². The molecule has 0 radical (unpaired) electrons. The van der Waals surface area contributed by atoms with Crippen molar-refractivity contribution in [2.75, 3.05) is 5.06 Å². The van der Waals surface area contributed by atoms with Crippen molar-refractivity contribution < 1.29 is 33.4 Å². The van der Waals surface area contributed by atoms with E-state index in [1.165, 1.54) is 6.20 Å². The molecule has 34 heavy (non-hydrogen) atoms. The monoisotopic (exact) mass is 471 g/mol. The predicted octanol–water partition coefficient (Wildman–Crippen LogP) is 4.52. The number of fused-ring (bicyclic) bond motifs is 1. The first-order chi connectivity index (χ1) is 15.8. The van der Waals surface area contributed by atoms with Gasteiger partial charge >= 0.3 is 12.2 Å². The topological polar surface area (TPSA) is 116 Å². The summed E-state index contributed by atoms with van der Waals surface area (Å²) in [4.78, 5) is 47.2. The molecule has 3 rings (SSSR count). The molecular formula is C24H29N3O7. The summed E-state index contributed by atoms with van der Waals surface area (Å²) in [6.07, 6.45) is -0.375. The first-order valence-electron chi connectivity index (χ1n) is 10.8. The fraction of sp³-hybridized carbons (Fsp3) is 0.417. The Bertz CT molecular complexity index is 1060. The Balaban J connectivity index is 1.89. The van der Waals surface area contributed by atoms with Crippen molar-refractivity contribution in [2.45, 2.75) is 65.2 Å². The highest BCUT2D eigenvalue weighted by atomic mass is 16.8. The Morgan fingerprint density at radius 3 is 2.26 bits per heavy atom. The van der Waals surface area contributed by atoms with Gasteiger partial charge in [-0.1, -0.05) is 18.2 Å². The highest BCUT2D eigenvalue weighted by molar-refractivity contribution is 6.00. The molecule has 10 nitrogen and oxygen atoms in total. The van der Waals surface area contributed by atoms with Gasteiger partial charge < -0.3 is 19.5 Å². The number of hydrogen-bond acceptors (Lipinski definition) is 8. The fourth-order valence-electron chi connectivity index (χ4n) is 3.04. The minimum absolute atomic E-state index is 0.0839. The lowest BCUT2D eigenvalue weighted by molar-refractivity contribution is -0.128. The van der Waals surface area contributed by atoms with Crippen molar-refractivity contribution in [3.63, 3.8) is 0 Å². The normalized spacial score (nSPS) is 15.8. The number of anilines is 1. The van der Waals surface area contributed by atoms with Crippen molar-refractivity contribution in [3.8, 4) is 11.5 Å². The van der Waals surface area contributed by atoms with E-state index in [1.807, 2.05) is 18.2 Å². The number of hydroxylamine groups is 1. The molecule has 2 heterocycles. The fourth-order valence-corrected chi connectivity index (χ4v) is 3.04. The molecule has 2 amide bonds. The molecule has 0 saturated carbocycles. The van der Waals surface area contributed by atoms with Crippen molar-refractivity contribution in [1.82, 2.24) is 10.3 Å². The summed E-state index contributed by atoms with van der Waals surface area (Å²) in [6.45, 7) is 10.1. The van der Waals surface area contributed by atoms with Gasteiger partial charge in [0, 0.05) is 12.0 Å². The number of ether oxygens (including phenoxy) is 3. The van der Waals surface area contributed by atoms with Gasteiger partial charge in [-0.05, 0) is 59.7 Å². The minimum atomic E-state index is -1.09. The number of aromatic nitrogens is 1. The van der Waals surface area contributed by atoms with Crippen molar-refractivity contribution in [1.29, 1.82) is 0 Å². The molecule has 1 atom stereocenters. The number of pyridine rings is 1. The molecule has 0 spiro atoms. The number of benzene rings is 1. The Kier molecular flexibility index (Phi) is 6.99. The second kappa shape index (κ2) is 9.58. The van der Waals surface area contributed by atoms with Gasteiger partial charge in [0.25, 0.3) is 5.91 Å². The number of nitrogens with one attached hydrogen (secondary N) is 1. The lowest BCUT2D eigenvalue weighted by Crippen LogP contribution is -2.54. The lowest BCUT2D eigenvalue weighted by atomic mass is 10.0. The van der Waals surface area contributed by atoms with Crippen LogP contribution < -0.4 is 15.1 Å². The van der Waals surface area contributed by atoms with Crippen molar-refractivity contribution >= 4 is 24.0 Å². The summed E-state index contributed by atoms with van der Waals surface area (Å²) >= 11 is 0. The van der Waals surface area contributed by atoms with E-state index in [2.05, 4.69) is 10.3 Å². The number of alkyl carbamates (subject to hydrolysis) is 1. The van der Waals surface area contributed by atoms with Crippen LogP contribution in [0.5, 0.6) is 11.5 Å². The van der Waals surface area contributed by atoms with Gasteiger partial charge in [-0.25, -0.2) is 14.6 Å². The van der Waals surface area contributed by atoms with Gasteiger partial charge in [0.2, 0.25) is 0 Å². The maximum Gasteiger partial charge on any atom is 0.534 e. The van der Waals surface area contributed by atoms with Crippen LogP contribution in [-0.4, -0.2) is 40.4 Å². The second-order valence-electron chi connectivity index (χ2n) is 9.66. The third-order valence-electron chi connectivity index (χ3n) is 4.26. The number of carbonyl (C=O) groups is 3. The highest BCUT2D eigenvalue weighted by Gasteiger charge is 2.39. The number of rotatable bonds is 4. The van der Waals surface area contributed by atoms with Crippen LogP contribution >= 0.6 is 0 Å². The van der Waals surface area contributed by atoms with Crippen LogP contribution in [0.25, 0.3) is 0 Å². The molecular weight excluding hydrogens is 442 g/mol. The quantitative estimate of drug-likeness (QED) is 0.647. The predicted molar refractivity (Wildman–Crippen MR) is 122 cm³/mol. The standard InChI is InChI=1S/C24H29N3O7/c1-23(2,3)32-21(29)26-18-13-15-12-17(31-16-10-8-7-9-11-16)14-25-19(15)27(20(18)28)34-22(30)33-24(4,5)6/h7-12,14,18H,13H2,1-6H3,(H,26,29)/t18-/m0/s1. The van der Waals surface area contributed by atoms with Crippen LogP contribution in [0.15, 0.2) is 42.6 Å². The molecule has 182 valence electrons. The Morgan fingerprint density at radius 2 is 1.65 bits per heavy atom. The molecule has 1 aromatic heterocycles. The molecule has 1 N–H and O–H groups in total. The summed E-state index contributed by atoms with van der Waals surface area (Å²) in [5.41, 5.74) is -1.09. The summed E-state index contributed by atoms with van der Waals surface area (Å²) in [5, 5.41) is 3.26. The maximum atomic E-state index is 13.1. The third-order valence-corrected chi connectivity index (χ3v) is 4.26. The lowest BCUT2D eigenvalue weighted by Gasteiger charge is -2.32. The Morgan fingerprint density at radius 1 is 1.00 bits per heavy atom. The molecule has 0 saturated heterocycles. The number of nitrogens with zero attached hydrogens (tertiary/aromatic N) is 2. The molecule has 1 aliphatic rings. The SMILES string of the molecule is CC(C)(C)OC(=O)N[C@H]1Cc2cc(Oc3ccccc3)cnc2N(OC(=O)OC(C)(C)C)C1=O. The maximum absolute atomic E-state index is 13.1. The van der Waals surface area contributed by atoms with E-state index in [0.29, 0.717) is 17.1 Å². The number of amides is 2. The number of carbonyl (C=O) groups excluding carboxylic acids is 3. The van der Waals surface area contributed by atoms with Crippen LogP contribution in [0.4, 0.5) is 15.4 Å². The van der Waals surface area contributed by atoms with Gasteiger partial charge in [0.15, 0.2) is 5.82 Å². The first-order valence-corrected chi connectivity index (χ1v) is 10.8. The molecule has 0 unspecified atom stereocenters. The smallest absolute Gasteiger partial charge is 0.456 e. The third kappa shape index (κ3) is 6.84. The van der Waals surface area contributed by atoms with E-state index in [-0.39, 0.29) is 12.2 Å². The van der Waals surface area contributed by atoms with Gasteiger partial charge in [-0.3, -0.25) is 9.63 Å². The minimum Gasteiger partial charge on any atom is -0.456 e. The van der Waals surface area contributed by atoms with Crippen LogP contribution in [-0.2, 0) is 25.5 Å². The highest BCUT2D eigenvalue weighted by Crippen LogP contribution is 2.31. The molecule has 0 aliphatic carbocycles. The molecule has 0 fully saturated rings. The Hall–Kier alpha value is -3.82. The van der Waals surface area contributed by atoms with Crippen LogP contribution in [0.1, 0.15) is 47.1 Å². The summed E-state index contributed by atoms with van der Waals surface area (Å²) in [6, 6.07) is 9.69. The van der Waals surface area contributed by atoms with Gasteiger partial charge in [-0.15, -0.1) is 5.06 Å². The summed E-state index contributed by atoms with van der Waals surface area (Å²) in [5.74, 6) is 0.404. The zero-order valence-corrected chi connectivity index (χ0v) is 20.1. The van der Waals surface area contributed by atoms with Gasteiger partial charge in [0.05, 0.1) is 6.20 Å². The average molecular weight is 472 g/mol.